The number of rotatable bonds is 10. The third kappa shape index (κ3) is 7.04. The van der Waals surface area contributed by atoms with E-state index in [0.29, 0.717) is 29.0 Å². The highest BCUT2D eigenvalue weighted by atomic mass is 32.1. The van der Waals surface area contributed by atoms with Gasteiger partial charge in [0, 0.05) is 32.6 Å². The maximum absolute atomic E-state index is 14.1. The molecular formula is C37H35NO4S. The number of piperidine rings is 1. The van der Waals surface area contributed by atoms with E-state index in [2.05, 4.69) is 17.1 Å². The SMILES string of the molecule is O=C(Oc1ccc2c(C(=O)c3ccc(OCCCN4CCCCC4)cc3)c(C3=CC=CC=CC3)sc2c1)c1ccccc1. The number of ether oxygens (including phenoxy) is 2. The summed E-state index contributed by atoms with van der Waals surface area (Å²) in [5, 5.41) is 0.848. The molecule has 43 heavy (non-hydrogen) atoms. The Morgan fingerprint density at radius 3 is 2.42 bits per heavy atom. The number of nitrogens with zero attached hydrogens (tertiary/aromatic N) is 1. The Kier molecular flexibility index (Phi) is 9.26. The molecule has 2 heterocycles. The van der Waals surface area contributed by atoms with Crippen LogP contribution in [0.3, 0.4) is 0 Å². The van der Waals surface area contributed by atoms with Crippen molar-refractivity contribution in [3.63, 3.8) is 0 Å². The zero-order chi connectivity index (χ0) is 29.4. The lowest BCUT2D eigenvalue weighted by molar-refractivity contribution is 0.0734. The van der Waals surface area contributed by atoms with Gasteiger partial charge in [0.1, 0.15) is 11.5 Å². The summed E-state index contributed by atoms with van der Waals surface area (Å²) in [5.41, 5.74) is 2.85. The molecule has 1 saturated heterocycles. The first kappa shape index (κ1) is 28.8. The van der Waals surface area contributed by atoms with Crippen molar-refractivity contribution in [3.05, 3.63) is 125 Å². The normalized spacial score (nSPS) is 15.2. The third-order valence-electron chi connectivity index (χ3n) is 7.85. The van der Waals surface area contributed by atoms with Crippen LogP contribution in [0.2, 0.25) is 0 Å². The highest BCUT2D eigenvalue weighted by Crippen LogP contribution is 2.40. The Hall–Kier alpha value is -4.26. The number of likely N-dealkylation sites (tertiary alicyclic amines) is 1. The molecule has 0 atom stereocenters. The summed E-state index contributed by atoms with van der Waals surface area (Å²) in [5.74, 6) is 0.774. The lowest BCUT2D eigenvalue weighted by Gasteiger charge is -2.26. The van der Waals surface area contributed by atoms with Crippen LogP contribution in [0.15, 0.2) is 103 Å². The second kappa shape index (κ2) is 13.8. The summed E-state index contributed by atoms with van der Waals surface area (Å²) in [6, 6.07) is 21.9. The number of benzene rings is 3. The number of esters is 1. The quantitative estimate of drug-likeness (QED) is 0.0803. The predicted molar refractivity (Wildman–Crippen MR) is 174 cm³/mol. The molecule has 0 spiro atoms. The molecule has 6 rings (SSSR count). The zero-order valence-corrected chi connectivity index (χ0v) is 25.0. The van der Waals surface area contributed by atoms with Crippen LogP contribution >= 0.6 is 11.3 Å². The Bertz CT molecular complexity index is 1680. The largest absolute Gasteiger partial charge is 0.494 e. The Balaban J connectivity index is 1.22. The number of fused-ring (bicyclic) bond motifs is 1. The van der Waals surface area contributed by atoms with Gasteiger partial charge in [-0.05, 0) is 98.9 Å². The van der Waals surface area contributed by atoms with Crippen LogP contribution in [0.25, 0.3) is 15.7 Å². The molecule has 0 saturated carbocycles. The average Bonchev–Trinajstić information content (AvgIpc) is 3.21. The molecule has 5 nitrogen and oxygen atoms in total. The van der Waals surface area contributed by atoms with Crippen molar-refractivity contribution in [1.29, 1.82) is 0 Å². The lowest BCUT2D eigenvalue weighted by atomic mass is 9.96. The minimum absolute atomic E-state index is 0.0370. The minimum atomic E-state index is -0.413. The number of carbonyl (C=O) groups is 2. The highest BCUT2D eigenvalue weighted by molar-refractivity contribution is 7.20. The second-order valence-corrected chi connectivity index (χ2v) is 11.9. The van der Waals surface area contributed by atoms with E-state index >= 15 is 0 Å². The van der Waals surface area contributed by atoms with E-state index in [1.54, 1.807) is 29.5 Å². The molecular weight excluding hydrogens is 554 g/mol. The van der Waals surface area contributed by atoms with E-state index in [4.69, 9.17) is 9.47 Å². The van der Waals surface area contributed by atoms with Gasteiger partial charge in [-0.1, -0.05) is 55.0 Å². The molecule has 4 aromatic rings. The van der Waals surface area contributed by atoms with Crippen LogP contribution in [0.4, 0.5) is 0 Å². The fraction of sp³-hybridized carbons (Fsp3) is 0.243. The number of hydrogen-bond donors (Lipinski definition) is 0. The standard InChI is InChI=1S/C37H35NO4S/c39-35(27-16-18-30(19-17-27)41-25-11-24-38-22-9-4-10-23-38)34-32-21-20-31(42-37(40)29-14-7-3-8-15-29)26-33(32)43-36(34)28-12-5-1-2-6-13-28/h1-3,5-8,12,14-21,26H,4,9-11,13,22-25H2. The van der Waals surface area contributed by atoms with Crippen LogP contribution in [0, 0.1) is 0 Å². The maximum Gasteiger partial charge on any atom is 0.343 e. The predicted octanol–water partition coefficient (Wildman–Crippen LogP) is 8.51. The van der Waals surface area contributed by atoms with Gasteiger partial charge in [-0.25, -0.2) is 4.79 Å². The van der Waals surface area contributed by atoms with Crippen molar-refractivity contribution >= 4 is 38.7 Å². The lowest BCUT2D eigenvalue weighted by Crippen LogP contribution is -2.31. The monoisotopic (exact) mass is 589 g/mol. The summed E-state index contributed by atoms with van der Waals surface area (Å²) >= 11 is 1.55. The fourth-order valence-electron chi connectivity index (χ4n) is 5.59. The fourth-order valence-corrected chi connectivity index (χ4v) is 6.85. The molecule has 1 aromatic heterocycles. The van der Waals surface area contributed by atoms with Crippen LogP contribution < -0.4 is 9.47 Å². The van der Waals surface area contributed by atoms with E-state index in [9.17, 15) is 9.59 Å². The Labute approximate surface area is 256 Å². The van der Waals surface area contributed by atoms with Gasteiger partial charge in [0.2, 0.25) is 0 Å². The molecule has 1 aliphatic heterocycles. The molecule has 1 aliphatic carbocycles. The van der Waals surface area contributed by atoms with Gasteiger partial charge in [-0.2, -0.15) is 0 Å². The molecule has 218 valence electrons. The first-order valence-electron chi connectivity index (χ1n) is 15.0. The van der Waals surface area contributed by atoms with E-state index < -0.39 is 5.97 Å². The van der Waals surface area contributed by atoms with Crippen molar-refractivity contribution in [2.45, 2.75) is 32.1 Å². The number of ketones is 1. The summed E-state index contributed by atoms with van der Waals surface area (Å²) in [6.07, 6.45) is 15.8. The van der Waals surface area contributed by atoms with Crippen molar-refractivity contribution < 1.29 is 19.1 Å². The van der Waals surface area contributed by atoms with Crippen molar-refractivity contribution in [2.75, 3.05) is 26.2 Å². The third-order valence-corrected chi connectivity index (χ3v) is 9.07. The van der Waals surface area contributed by atoms with Crippen LogP contribution in [0.1, 0.15) is 63.3 Å². The topological polar surface area (TPSA) is 55.8 Å². The van der Waals surface area contributed by atoms with E-state index in [-0.39, 0.29) is 5.78 Å². The molecule has 0 unspecified atom stereocenters. The highest BCUT2D eigenvalue weighted by Gasteiger charge is 2.23. The maximum atomic E-state index is 14.1. The van der Waals surface area contributed by atoms with Gasteiger partial charge in [0.25, 0.3) is 0 Å². The summed E-state index contributed by atoms with van der Waals surface area (Å²) in [6.45, 7) is 4.12. The van der Waals surface area contributed by atoms with Gasteiger partial charge in [-0.15, -0.1) is 11.3 Å². The summed E-state index contributed by atoms with van der Waals surface area (Å²) in [4.78, 5) is 30.2. The van der Waals surface area contributed by atoms with Gasteiger partial charge >= 0.3 is 5.97 Å². The van der Waals surface area contributed by atoms with Crippen molar-refractivity contribution in [3.8, 4) is 11.5 Å². The molecule has 6 heteroatoms. The molecule has 0 bridgehead atoms. The van der Waals surface area contributed by atoms with E-state index in [0.717, 1.165) is 45.7 Å². The van der Waals surface area contributed by atoms with E-state index in [1.807, 2.05) is 72.8 Å². The number of thiophene rings is 1. The molecule has 0 radical (unpaired) electrons. The zero-order valence-electron chi connectivity index (χ0n) is 24.2. The average molecular weight is 590 g/mol. The molecule has 1 fully saturated rings. The second-order valence-electron chi connectivity index (χ2n) is 10.9. The molecule has 3 aromatic carbocycles. The minimum Gasteiger partial charge on any atom is -0.494 e. The van der Waals surface area contributed by atoms with Crippen LogP contribution in [-0.2, 0) is 0 Å². The van der Waals surface area contributed by atoms with Crippen molar-refractivity contribution in [1.82, 2.24) is 4.90 Å². The first-order valence-corrected chi connectivity index (χ1v) is 15.8. The Morgan fingerprint density at radius 1 is 0.814 bits per heavy atom. The van der Waals surface area contributed by atoms with Crippen LogP contribution in [0.5, 0.6) is 11.5 Å². The number of hydrogen-bond acceptors (Lipinski definition) is 6. The number of carbonyl (C=O) groups excluding carboxylic acids is 2. The van der Waals surface area contributed by atoms with Crippen LogP contribution in [-0.4, -0.2) is 42.9 Å². The van der Waals surface area contributed by atoms with Gasteiger partial charge < -0.3 is 14.4 Å². The van der Waals surface area contributed by atoms with Gasteiger partial charge in [0.05, 0.1) is 12.2 Å². The Morgan fingerprint density at radius 2 is 1.60 bits per heavy atom. The molecule has 0 amide bonds. The van der Waals surface area contributed by atoms with Crippen molar-refractivity contribution in [2.24, 2.45) is 0 Å². The van der Waals surface area contributed by atoms with E-state index in [1.165, 1.54) is 32.4 Å². The molecule has 2 aliphatic rings. The summed E-state index contributed by atoms with van der Waals surface area (Å²) in [7, 11) is 0. The first-order chi connectivity index (χ1) is 21.2. The van der Waals surface area contributed by atoms with Gasteiger partial charge in [-0.3, -0.25) is 4.79 Å². The number of allylic oxidation sites excluding steroid dienone is 6. The van der Waals surface area contributed by atoms with Gasteiger partial charge in [0.15, 0.2) is 5.78 Å². The molecule has 0 N–H and O–H groups in total. The summed E-state index contributed by atoms with van der Waals surface area (Å²) < 4.78 is 12.6. The smallest absolute Gasteiger partial charge is 0.343 e.